The summed E-state index contributed by atoms with van der Waals surface area (Å²) in [7, 11) is 1.64. The van der Waals surface area contributed by atoms with Gasteiger partial charge in [0.05, 0.1) is 30.7 Å². The maximum atomic E-state index is 12.8. The molecule has 11 nitrogen and oxygen atoms in total. The quantitative estimate of drug-likeness (QED) is 0.130. The van der Waals surface area contributed by atoms with E-state index in [1.165, 1.54) is 16.8 Å². The Balaban J connectivity index is 0.000000180. The first-order chi connectivity index (χ1) is 28.6. The van der Waals surface area contributed by atoms with Crippen molar-refractivity contribution in [3.63, 3.8) is 0 Å². The van der Waals surface area contributed by atoms with E-state index in [1.54, 1.807) is 30.8 Å². The molecule has 59 heavy (non-hydrogen) atoms. The topological polar surface area (TPSA) is 108 Å². The number of piperazine rings is 2. The minimum atomic E-state index is -4.25. The highest BCUT2D eigenvalue weighted by Gasteiger charge is 2.30. The lowest BCUT2D eigenvalue weighted by molar-refractivity contribution is -0.132. The van der Waals surface area contributed by atoms with Crippen LogP contribution in [0.3, 0.4) is 0 Å². The molecule has 0 atom stereocenters. The van der Waals surface area contributed by atoms with Crippen LogP contribution in [0.5, 0.6) is 5.75 Å². The normalized spacial score (nSPS) is 14.7. The third kappa shape index (κ3) is 10.6. The summed E-state index contributed by atoms with van der Waals surface area (Å²) in [6.07, 6.45) is 1.41. The van der Waals surface area contributed by atoms with Crippen LogP contribution in [0, 0.1) is 0 Å². The lowest BCUT2D eigenvalue weighted by atomic mass is 10.1. The average Bonchev–Trinajstić information content (AvgIpc) is 3.87. The number of nitrogens with zero attached hydrogens (tertiary/aromatic N) is 8. The molecule has 2 amide bonds. The van der Waals surface area contributed by atoms with E-state index in [0.717, 1.165) is 71.0 Å². The highest BCUT2D eigenvalue weighted by molar-refractivity contribution is 7.19. The van der Waals surface area contributed by atoms with Gasteiger partial charge in [-0.25, -0.2) is 19.9 Å². The van der Waals surface area contributed by atoms with E-state index >= 15 is 0 Å². The van der Waals surface area contributed by atoms with Gasteiger partial charge >= 0.3 is 6.18 Å². The summed E-state index contributed by atoms with van der Waals surface area (Å²) in [6, 6.07) is 21.6. The second-order valence-electron chi connectivity index (χ2n) is 14.5. The number of fused-ring (bicyclic) bond motifs is 2. The Bertz CT molecular complexity index is 2340. The second kappa shape index (κ2) is 19.1. The number of hydrogen-bond acceptors (Lipinski definition) is 11. The number of halogens is 3. The number of para-hydroxylation sites is 1. The average molecular weight is 845 g/mol. The summed E-state index contributed by atoms with van der Waals surface area (Å²) in [5.41, 5.74) is 2.16. The molecule has 2 fully saturated rings. The van der Waals surface area contributed by atoms with E-state index in [9.17, 15) is 22.8 Å². The zero-order chi connectivity index (χ0) is 41.4. The number of aromatic nitrogens is 4. The molecular weight excluding hydrogens is 798 g/mol. The lowest BCUT2D eigenvalue weighted by Gasteiger charge is -2.35. The van der Waals surface area contributed by atoms with Gasteiger partial charge in [0.1, 0.15) is 39.7 Å². The molecule has 2 aromatic carbocycles. The molecule has 0 N–H and O–H groups in total. The summed E-state index contributed by atoms with van der Waals surface area (Å²) >= 11 is 2.78. The van der Waals surface area contributed by atoms with Crippen molar-refractivity contribution in [2.45, 2.75) is 51.6 Å². The number of ether oxygens (including phenoxy) is 1. The molecule has 2 aliphatic heterocycles. The number of thiophene rings is 2. The van der Waals surface area contributed by atoms with Crippen molar-refractivity contribution in [2.75, 3.05) is 69.3 Å². The van der Waals surface area contributed by atoms with Gasteiger partial charge in [-0.2, -0.15) is 13.2 Å². The molecule has 0 bridgehead atoms. The van der Waals surface area contributed by atoms with Gasteiger partial charge in [-0.15, -0.1) is 22.7 Å². The molecule has 0 spiro atoms. The molecule has 16 heteroatoms. The van der Waals surface area contributed by atoms with E-state index in [-0.39, 0.29) is 16.7 Å². The first-order valence-corrected chi connectivity index (χ1v) is 21.5. The predicted molar refractivity (Wildman–Crippen MR) is 228 cm³/mol. The van der Waals surface area contributed by atoms with Crippen LogP contribution in [0.2, 0.25) is 0 Å². The molecule has 6 heterocycles. The fraction of sp³-hybridized carbons (Fsp3) is 0.395. The van der Waals surface area contributed by atoms with E-state index in [1.807, 2.05) is 57.2 Å². The summed E-state index contributed by atoms with van der Waals surface area (Å²) in [6.45, 7) is 7.47. The number of amides is 2. The number of rotatable bonds is 11. The zero-order valence-corrected chi connectivity index (χ0v) is 34.8. The Hall–Kier alpha value is -5.35. The van der Waals surface area contributed by atoms with Crippen LogP contribution in [-0.4, -0.2) is 107 Å². The Morgan fingerprint density at radius 3 is 1.83 bits per heavy atom. The molecule has 6 aromatic rings. The van der Waals surface area contributed by atoms with Crippen LogP contribution in [0.15, 0.2) is 79.4 Å². The van der Waals surface area contributed by atoms with Gasteiger partial charge in [0.15, 0.2) is 0 Å². The number of benzene rings is 2. The van der Waals surface area contributed by atoms with Gasteiger partial charge in [-0.3, -0.25) is 9.59 Å². The van der Waals surface area contributed by atoms with E-state index in [4.69, 9.17) is 4.74 Å². The summed E-state index contributed by atoms with van der Waals surface area (Å²) in [5, 5.41) is 1.77. The van der Waals surface area contributed by atoms with Gasteiger partial charge in [-0.05, 0) is 43.0 Å². The number of hydrogen-bond donors (Lipinski definition) is 0. The Morgan fingerprint density at radius 2 is 1.25 bits per heavy atom. The smallest absolute Gasteiger partial charge is 0.393 e. The van der Waals surface area contributed by atoms with Crippen molar-refractivity contribution < 1.29 is 27.5 Å². The molecular formula is C43H47F3N8O3S2. The van der Waals surface area contributed by atoms with Crippen molar-refractivity contribution in [3.8, 4) is 5.75 Å². The molecule has 8 rings (SSSR count). The molecule has 0 saturated carbocycles. The molecule has 0 aliphatic carbocycles. The van der Waals surface area contributed by atoms with Crippen molar-refractivity contribution >= 4 is 66.6 Å². The lowest BCUT2D eigenvalue weighted by Crippen LogP contribution is -2.49. The summed E-state index contributed by atoms with van der Waals surface area (Å²) in [5.74, 6) is 2.68. The molecule has 4 aromatic heterocycles. The molecule has 0 radical (unpaired) electrons. The van der Waals surface area contributed by atoms with Crippen LogP contribution < -0.4 is 14.5 Å². The molecule has 0 unspecified atom stereocenters. The fourth-order valence-electron chi connectivity index (χ4n) is 7.45. The van der Waals surface area contributed by atoms with E-state index in [2.05, 4.69) is 50.0 Å². The van der Waals surface area contributed by atoms with Crippen LogP contribution in [-0.2, 0) is 35.3 Å². The van der Waals surface area contributed by atoms with Crippen LogP contribution in [0.25, 0.3) is 20.4 Å². The van der Waals surface area contributed by atoms with Gasteiger partial charge < -0.3 is 24.3 Å². The van der Waals surface area contributed by atoms with Gasteiger partial charge in [0.25, 0.3) is 0 Å². The number of carbonyl (C=O) groups excluding carboxylic acids is 2. The Kier molecular flexibility index (Phi) is 13.6. The number of carbonyl (C=O) groups is 2. The monoisotopic (exact) mass is 844 g/mol. The van der Waals surface area contributed by atoms with Crippen LogP contribution in [0.4, 0.5) is 24.8 Å². The van der Waals surface area contributed by atoms with Crippen molar-refractivity contribution in [2.24, 2.45) is 0 Å². The molecule has 310 valence electrons. The van der Waals surface area contributed by atoms with Crippen LogP contribution >= 0.6 is 22.7 Å². The van der Waals surface area contributed by atoms with Gasteiger partial charge in [0.2, 0.25) is 11.8 Å². The summed E-state index contributed by atoms with van der Waals surface area (Å²) < 4.78 is 43.6. The summed E-state index contributed by atoms with van der Waals surface area (Å²) in [4.78, 5) is 54.0. The number of alkyl halides is 3. The highest BCUT2D eigenvalue weighted by Crippen LogP contribution is 2.34. The zero-order valence-electron chi connectivity index (χ0n) is 33.2. The first-order valence-electron chi connectivity index (χ1n) is 19.8. The van der Waals surface area contributed by atoms with Gasteiger partial charge in [-0.1, -0.05) is 55.5 Å². The van der Waals surface area contributed by atoms with Gasteiger partial charge in [0, 0.05) is 74.1 Å². The van der Waals surface area contributed by atoms with Crippen LogP contribution in [0.1, 0.15) is 40.6 Å². The van der Waals surface area contributed by atoms with Crippen molar-refractivity contribution in [3.05, 3.63) is 100 Å². The minimum absolute atomic E-state index is 0.140. The third-order valence-electron chi connectivity index (χ3n) is 10.5. The minimum Gasteiger partial charge on any atom is -0.496 e. The highest BCUT2D eigenvalue weighted by atomic mass is 32.1. The fourth-order valence-corrected chi connectivity index (χ4v) is 9.40. The Morgan fingerprint density at radius 1 is 0.712 bits per heavy atom. The maximum Gasteiger partial charge on any atom is 0.393 e. The standard InChI is InChI=1S/C22H23F3N4OS.C21H24N4O2S/c23-22(24,25)14-17-13-18-20(26-15-27-21(18)31-17)29-11-9-28(10-12-29)19(30)8-4-7-16-5-2-1-3-6-16;1-3-16-13-17-20(22-14-23-21(17)28-16)25-10-8-24(9-11-25)19(26)12-15-6-4-5-7-18(15)27-2/h1-3,5-6,13,15H,4,7-12,14H2;4-7,13-14H,3,8-12H2,1-2H3. The first kappa shape index (κ1) is 41.8. The van der Waals surface area contributed by atoms with Crippen molar-refractivity contribution in [1.82, 2.24) is 29.7 Å². The number of methoxy groups -OCH3 is 1. The predicted octanol–water partition coefficient (Wildman–Crippen LogP) is 7.62. The molecule has 2 saturated heterocycles. The third-order valence-corrected chi connectivity index (χ3v) is 12.8. The second-order valence-corrected chi connectivity index (χ2v) is 16.7. The largest absolute Gasteiger partial charge is 0.496 e. The SMILES string of the molecule is CCc1cc2c(N3CCN(C(=O)Cc4ccccc4OC)CC3)ncnc2s1.O=C(CCCc1ccccc1)N1CCN(c2ncnc3sc(CC(F)(F)F)cc23)CC1. The maximum absolute atomic E-state index is 12.8. The number of anilines is 2. The van der Waals surface area contributed by atoms with Crippen molar-refractivity contribution in [1.29, 1.82) is 0 Å². The number of aryl methyl sites for hydroxylation is 2. The Labute approximate surface area is 349 Å². The van der Waals surface area contributed by atoms with E-state index in [0.29, 0.717) is 68.1 Å². The molecule has 2 aliphatic rings. The van der Waals surface area contributed by atoms with E-state index < -0.39 is 12.6 Å².